The molecule has 1 aliphatic carbocycles. The summed E-state index contributed by atoms with van der Waals surface area (Å²) in [4.78, 5) is 24.6. The Balaban J connectivity index is 1.78. The molecule has 1 atom stereocenters. The summed E-state index contributed by atoms with van der Waals surface area (Å²) in [6.45, 7) is 0. The van der Waals surface area contributed by atoms with Crippen LogP contribution in [0, 0.1) is 5.82 Å². The number of carbonyl (C=O) groups excluding carboxylic acids is 2. The SMILES string of the molecule is O=C(O[C@@H](C(=O)NC1CC1)c1ccccc1)c1ccc(F)cc1. The Morgan fingerprint density at radius 1 is 1.04 bits per heavy atom. The van der Waals surface area contributed by atoms with Gasteiger partial charge >= 0.3 is 5.97 Å². The van der Waals surface area contributed by atoms with Gasteiger partial charge in [0.1, 0.15) is 5.82 Å². The fraction of sp³-hybridized carbons (Fsp3) is 0.222. The first-order valence-corrected chi connectivity index (χ1v) is 7.45. The Bertz CT molecular complexity index is 696. The summed E-state index contributed by atoms with van der Waals surface area (Å²) < 4.78 is 18.3. The highest BCUT2D eigenvalue weighted by Gasteiger charge is 2.31. The zero-order chi connectivity index (χ0) is 16.2. The van der Waals surface area contributed by atoms with Gasteiger partial charge in [-0.3, -0.25) is 4.79 Å². The minimum Gasteiger partial charge on any atom is -0.444 e. The highest BCUT2D eigenvalue weighted by Crippen LogP contribution is 2.24. The third-order valence-electron chi connectivity index (χ3n) is 3.57. The van der Waals surface area contributed by atoms with Crippen LogP contribution in [0.15, 0.2) is 54.6 Å². The fourth-order valence-electron chi connectivity index (χ4n) is 2.17. The van der Waals surface area contributed by atoms with Gasteiger partial charge in [-0.25, -0.2) is 9.18 Å². The van der Waals surface area contributed by atoms with Crippen molar-refractivity contribution in [3.63, 3.8) is 0 Å². The maximum Gasteiger partial charge on any atom is 0.339 e. The minimum absolute atomic E-state index is 0.165. The van der Waals surface area contributed by atoms with Crippen molar-refractivity contribution in [3.8, 4) is 0 Å². The molecule has 1 aliphatic rings. The van der Waals surface area contributed by atoms with Crippen molar-refractivity contribution in [2.75, 3.05) is 0 Å². The van der Waals surface area contributed by atoms with Crippen molar-refractivity contribution < 1.29 is 18.7 Å². The van der Waals surface area contributed by atoms with Crippen molar-refractivity contribution in [1.29, 1.82) is 0 Å². The van der Waals surface area contributed by atoms with Crippen LogP contribution in [0.5, 0.6) is 0 Å². The van der Waals surface area contributed by atoms with Crippen molar-refractivity contribution in [3.05, 3.63) is 71.5 Å². The molecule has 1 fully saturated rings. The largest absolute Gasteiger partial charge is 0.444 e. The van der Waals surface area contributed by atoms with Crippen LogP contribution in [0.25, 0.3) is 0 Å². The molecule has 1 amide bonds. The monoisotopic (exact) mass is 313 g/mol. The zero-order valence-electron chi connectivity index (χ0n) is 12.4. The van der Waals surface area contributed by atoms with Crippen LogP contribution >= 0.6 is 0 Å². The third-order valence-corrected chi connectivity index (χ3v) is 3.57. The molecule has 2 aromatic rings. The van der Waals surface area contributed by atoms with Crippen LogP contribution in [0.4, 0.5) is 4.39 Å². The number of halogens is 1. The van der Waals surface area contributed by atoms with Crippen LogP contribution in [-0.4, -0.2) is 17.9 Å². The van der Waals surface area contributed by atoms with E-state index in [1.165, 1.54) is 24.3 Å². The molecule has 118 valence electrons. The molecule has 0 radical (unpaired) electrons. The Kier molecular flexibility index (Phi) is 4.37. The normalized spacial score (nSPS) is 14.8. The van der Waals surface area contributed by atoms with E-state index in [2.05, 4.69) is 5.32 Å². The second-order valence-corrected chi connectivity index (χ2v) is 5.49. The lowest BCUT2D eigenvalue weighted by Crippen LogP contribution is -2.33. The first kappa shape index (κ1) is 15.2. The Morgan fingerprint density at radius 3 is 2.30 bits per heavy atom. The van der Waals surface area contributed by atoms with Crippen LogP contribution in [0.1, 0.15) is 34.9 Å². The molecular formula is C18H16FNO3. The lowest BCUT2D eigenvalue weighted by Gasteiger charge is -2.18. The molecule has 0 aliphatic heterocycles. The van der Waals surface area contributed by atoms with Gasteiger partial charge in [0.15, 0.2) is 0 Å². The van der Waals surface area contributed by atoms with E-state index in [0.29, 0.717) is 5.56 Å². The average Bonchev–Trinajstić information content (AvgIpc) is 3.37. The number of hydrogen-bond acceptors (Lipinski definition) is 3. The molecule has 0 heterocycles. The van der Waals surface area contributed by atoms with E-state index < -0.39 is 17.9 Å². The van der Waals surface area contributed by atoms with Crippen LogP contribution in [0.2, 0.25) is 0 Å². The van der Waals surface area contributed by atoms with Crippen molar-refractivity contribution in [2.45, 2.75) is 25.0 Å². The summed E-state index contributed by atoms with van der Waals surface area (Å²) in [7, 11) is 0. The highest BCUT2D eigenvalue weighted by atomic mass is 19.1. The summed E-state index contributed by atoms with van der Waals surface area (Å²) in [6, 6.07) is 14.0. The lowest BCUT2D eigenvalue weighted by molar-refractivity contribution is -0.130. The molecule has 0 aromatic heterocycles. The number of nitrogens with one attached hydrogen (secondary N) is 1. The molecule has 0 saturated heterocycles. The van der Waals surface area contributed by atoms with Crippen molar-refractivity contribution >= 4 is 11.9 Å². The van der Waals surface area contributed by atoms with Crippen molar-refractivity contribution in [1.82, 2.24) is 5.32 Å². The van der Waals surface area contributed by atoms with Gasteiger partial charge in [0.25, 0.3) is 5.91 Å². The van der Waals surface area contributed by atoms with Gasteiger partial charge in [0, 0.05) is 11.6 Å². The van der Waals surface area contributed by atoms with Gasteiger partial charge in [-0.05, 0) is 37.1 Å². The minimum atomic E-state index is -1.02. The first-order chi connectivity index (χ1) is 11.1. The fourth-order valence-corrected chi connectivity index (χ4v) is 2.17. The van der Waals surface area contributed by atoms with E-state index in [4.69, 9.17) is 4.74 Å². The number of carbonyl (C=O) groups is 2. The standard InChI is InChI=1S/C18H16FNO3/c19-14-8-6-13(7-9-14)18(22)23-16(12-4-2-1-3-5-12)17(21)20-15-10-11-15/h1-9,15-16H,10-11H2,(H,20,21)/t16-/m1/s1. The molecule has 0 spiro atoms. The predicted octanol–water partition coefficient (Wildman–Crippen LogP) is 3.00. The predicted molar refractivity (Wildman–Crippen MR) is 82.2 cm³/mol. The number of rotatable bonds is 5. The number of hydrogen-bond donors (Lipinski definition) is 1. The van der Waals surface area contributed by atoms with Gasteiger partial charge in [-0.2, -0.15) is 0 Å². The molecule has 23 heavy (non-hydrogen) atoms. The molecule has 3 rings (SSSR count). The second kappa shape index (κ2) is 6.60. The van der Waals surface area contributed by atoms with Crippen LogP contribution in [0.3, 0.4) is 0 Å². The highest BCUT2D eigenvalue weighted by molar-refractivity contribution is 5.92. The van der Waals surface area contributed by atoms with Gasteiger partial charge in [-0.15, -0.1) is 0 Å². The summed E-state index contributed by atoms with van der Waals surface area (Å²) in [6.07, 6.45) is 0.868. The van der Waals surface area contributed by atoms with E-state index in [-0.39, 0.29) is 17.5 Å². The summed E-state index contributed by atoms with van der Waals surface area (Å²) in [5, 5.41) is 2.84. The Hall–Kier alpha value is -2.69. The quantitative estimate of drug-likeness (QED) is 0.863. The van der Waals surface area contributed by atoms with Gasteiger partial charge < -0.3 is 10.1 Å². The smallest absolute Gasteiger partial charge is 0.339 e. The number of esters is 1. The number of amides is 1. The van der Waals surface area contributed by atoms with E-state index in [9.17, 15) is 14.0 Å². The Morgan fingerprint density at radius 2 is 1.70 bits per heavy atom. The molecule has 0 unspecified atom stereocenters. The molecule has 5 heteroatoms. The Labute approximate surface area is 133 Å². The van der Waals surface area contributed by atoms with Gasteiger partial charge in [0.05, 0.1) is 5.56 Å². The zero-order valence-corrected chi connectivity index (χ0v) is 12.4. The average molecular weight is 313 g/mol. The number of benzene rings is 2. The van der Waals surface area contributed by atoms with Crippen LogP contribution in [-0.2, 0) is 9.53 Å². The van der Waals surface area contributed by atoms with Gasteiger partial charge in [0.2, 0.25) is 6.10 Å². The summed E-state index contributed by atoms with van der Waals surface area (Å²) in [5.74, 6) is -1.44. The van der Waals surface area contributed by atoms with E-state index in [0.717, 1.165) is 12.8 Å². The molecular weight excluding hydrogens is 297 g/mol. The molecule has 1 saturated carbocycles. The summed E-state index contributed by atoms with van der Waals surface area (Å²) >= 11 is 0. The topological polar surface area (TPSA) is 55.4 Å². The molecule has 0 bridgehead atoms. The first-order valence-electron chi connectivity index (χ1n) is 7.45. The second-order valence-electron chi connectivity index (χ2n) is 5.49. The maximum atomic E-state index is 12.9. The van der Waals surface area contributed by atoms with E-state index >= 15 is 0 Å². The third kappa shape index (κ3) is 3.94. The van der Waals surface area contributed by atoms with Crippen molar-refractivity contribution in [2.24, 2.45) is 0 Å². The molecule has 1 N–H and O–H groups in total. The van der Waals surface area contributed by atoms with Crippen LogP contribution < -0.4 is 5.32 Å². The maximum absolute atomic E-state index is 12.9. The van der Waals surface area contributed by atoms with E-state index in [1.54, 1.807) is 24.3 Å². The molecule has 2 aromatic carbocycles. The molecule has 4 nitrogen and oxygen atoms in total. The number of ether oxygens (including phenoxy) is 1. The lowest BCUT2D eigenvalue weighted by atomic mass is 10.1. The summed E-state index contributed by atoms with van der Waals surface area (Å²) in [5.41, 5.74) is 0.799. The van der Waals surface area contributed by atoms with Gasteiger partial charge in [-0.1, -0.05) is 30.3 Å². The van der Waals surface area contributed by atoms with E-state index in [1.807, 2.05) is 6.07 Å².